The number of nitrogens with one attached hydrogen (secondary N) is 2. The first-order chi connectivity index (χ1) is 15.4. The zero-order chi connectivity index (χ0) is 22.3. The minimum Gasteiger partial charge on any atom is -0.322 e. The van der Waals surface area contributed by atoms with Gasteiger partial charge in [0.2, 0.25) is 0 Å². The maximum Gasteiger partial charge on any atom is 0.272 e. The van der Waals surface area contributed by atoms with Gasteiger partial charge in [0, 0.05) is 22.8 Å². The molecule has 0 bridgehead atoms. The van der Waals surface area contributed by atoms with E-state index in [0.29, 0.717) is 28.8 Å². The zero-order valence-electron chi connectivity index (χ0n) is 16.9. The molecule has 0 aliphatic carbocycles. The molecule has 1 aliphatic rings. The number of H-pyrrole nitrogens is 1. The van der Waals surface area contributed by atoms with Gasteiger partial charge in [0.1, 0.15) is 0 Å². The summed E-state index contributed by atoms with van der Waals surface area (Å²) in [7, 11) is -3.03. The van der Waals surface area contributed by atoms with Crippen LogP contribution in [0.1, 0.15) is 22.8 Å². The number of aromatic amines is 1. The molecule has 1 saturated heterocycles. The summed E-state index contributed by atoms with van der Waals surface area (Å²) in [6, 6.07) is 14.1. The van der Waals surface area contributed by atoms with Gasteiger partial charge in [-0.05, 0) is 24.6 Å². The summed E-state index contributed by atoms with van der Waals surface area (Å²) in [5.41, 5.74) is 2.14. The summed E-state index contributed by atoms with van der Waals surface area (Å²) in [6.45, 7) is 0. The van der Waals surface area contributed by atoms with Gasteiger partial charge < -0.3 is 5.32 Å². The number of sulfone groups is 1. The van der Waals surface area contributed by atoms with Gasteiger partial charge in [-0.3, -0.25) is 14.3 Å². The summed E-state index contributed by atoms with van der Waals surface area (Å²) >= 11 is 0. The number of fused-ring (bicyclic) bond motifs is 1. The van der Waals surface area contributed by atoms with Crippen molar-refractivity contribution in [3.63, 3.8) is 0 Å². The smallest absolute Gasteiger partial charge is 0.272 e. The summed E-state index contributed by atoms with van der Waals surface area (Å²) in [4.78, 5) is 24.6. The molecule has 0 spiro atoms. The van der Waals surface area contributed by atoms with Crippen LogP contribution in [0.5, 0.6) is 0 Å². The minimum atomic E-state index is -3.03. The maximum atomic E-state index is 12.6. The third kappa shape index (κ3) is 3.80. The van der Waals surface area contributed by atoms with E-state index in [1.165, 1.54) is 6.20 Å². The second-order valence-corrected chi connectivity index (χ2v) is 9.97. The highest BCUT2D eigenvalue weighted by atomic mass is 32.2. The molecular formula is C22H19N5O4S. The van der Waals surface area contributed by atoms with Gasteiger partial charge in [0.05, 0.1) is 40.4 Å². The second-order valence-electron chi connectivity index (χ2n) is 7.74. The number of amides is 1. The van der Waals surface area contributed by atoms with Crippen molar-refractivity contribution in [1.29, 1.82) is 0 Å². The van der Waals surface area contributed by atoms with Crippen LogP contribution in [0.25, 0.3) is 22.0 Å². The average Bonchev–Trinajstić information content (AvgIpc) is 3.42. The number of benzene rings is 2. The molecule has 10 heteroatoms. The molecule has 1 aliphatic heterocycles. The SMILES string of the molecule is O=C(Nc1ccc(-c2n[nH]c(=O)c3ccccc23)cc1)c1cnn(C2CCS(=O)(=O)C2)c1. The fraction of sp³-hybridized carbons (Fsp3) is 0.182. The largest absolute Gasteiger partial charge is 0.322 e. The van der Waals surface area contributed by atoms with Crippen molar-refractivity contribution in [2.45, 2.75) is 12.5 Å². The first-order valence-corrected chi connectivity index (χ1v) is 11.9. The molecule has 4 aromatic rings. The monoisotopic (exact) mass is 449 g/mol. The molecule has 0 radical (unpaired) electrons. The Labute approximate surface area is 183 Å². The van der Waals surface area contributed by atoms with Crippen LogP contribution < -0.4 is 10.9 Å². The first kappa shape index (κ1) is 20.1. The Balaban J connectivity index is 1.33. The maximum absolute atomic E-state index is 12.6. The minimum absolute atomic E-state index is 0.0463. The van der Waals surface area contributed by atoms with Crippen molar-refractivity contribution < 1.29 is 13.2 Å². The van der Waals surface area contributed by atoms with Crippen molar-refractivity contribution in [3.8, 4) is 11.3 Å². The van der Waals surface area contributed by atoms with E-state index in [2.05, 4.69) is 20.6 Å². The molecule has 2 N–H and O–H groups in total. The topological polar surface area (TPSA) is 127 Å². The van der Waals surface area contributed by atoms with E-state index in [4.69, 9.17) is 0 Å². The fourth-order valence-electron chi connectivity index (χ4n) is 3.89. The van der Waals surface area contributed by atoms with Crippen LogP contribution in [0.15, 0.2) is 65.7 Å². The van der Waals surface area contributed by atoms with E-state index in [1.807, 2.05) is 24.3 Å². The molecule has 2 aromatic heterocycles. The lowest BCUT2D eigenvalue weighted by Gasteiger charge is -2.08. The van der Waals surface area contributed by atoms with E-state index in [1.54, 1.807) is 35.1 Å². The van der Waals surface area contributed by atoms with E-state index < -0.39 is 9.84 Å². The Bertz CT molecular complexity index is 1490. The molecule has 162 valence electrons. The van der Waals surface area contributed by atoms with Crippen molar-refractivity contribution in [2.24, 2.45) is 0 Å². The third-order valence-corrected chi connectivity index (χ3v) is 7.31. The number of carbonyl (C=O) groups excluding carboxylic acids is 1. The van der Waals surface area contributed by atoms with E-state index >= 15 is 0 Å². The number of hydrogen-bond acceptors (Lipinski definition) is 6. The number of rotatable bonds is 4. The second kappa shape index (κ2) is 7.72. The highest BCUT2D eigenvalue weighted by molar-refractivity contribution is 7.91. The lowest BCUT2D eigenvalue weighted by atomic mass is 10.0. The van der Waals surface area contributed by atoms with Crippen LogP contribution >= 0.6 is 0 Å². The normalized spacial score (nSPS) is 17.4. The quantitative estimate of drug-likeness (QED) is 0.493. The number of nitrogens with zero attached hydrogens (tertiary/aromatic N) is 3. The molecule has 2 aromatic carbocycles. The van der Waals surface area contributed by atoms with E-state index in [0.717, 1.165) is 10.9 Å². The molecule has 1 amide bonds. The fourth-order valence-corrected chi connectivity index (χ4v) is 5.59. The Morgan fingerprint density at radius 2 is 1.84 bits per heavy atom. The van der Waals surface area contributed by atoms with Crippen LogP contribution in [0.4, 0.5) is 5.69 Å². The van der Waals surface area contributed by atoms with Crippen LogP contribution in [-0.2, 0) is 9.84 Å². The van der Waals surface area contributed by atoms with Crippen LogP contribution in [0.3, 0.4) is 0 Å². The Morgan fingerprint density at radius 3 is 2.56 bits per heavy atom. The van der Waals surface area contributed by atoms with Gasteiger partial charge in [0.15, 0.2) is 9.84 Å². The Morgan fingerprint density at radius 1 is 1.09 bits per heavy atom. The van der Waals surface area contributed by atoms with E-state index in [9.17, 15) is 18.0 Å². The van der Waals surface area contributed by atoms with Gasteiger partial charge in [-0.1, -0.05) is 30.3 Å². The third-order valence-electron chi connectivity index (χ3n) is 5.56. The molecule has 32 heavy (non-hydrogen) atoms. The number of hydrogen-bond donors (Lipinski definition) is 2. The van der Waals surface area contributed by atoms with Crippen molar-refractivity contribution >= 4 is 32.2 Å². The summed E-state index contributed by atoms with van der Waals surface area (Å²) < 4.78 is 24.9. The zero-order valence-corrected chi connectivity index (χ0v) is 17.7. The molecule has 1 fully saturated rings. The van der Waals surface area contributed by atoms with Crippen molar-refractivity contribution in [2.75, 3.05) is 16.8 Å². The number of aromatic nitrogens is 4. The average molecular weight is 449 g/mol. The molecule has 5 rings (SSSR count). The number of anilines is 1. The highest BCUT2D eigenvalue weighted by Gasteiger charge is 2.30. The van der Waals surface area contributed by atoms with Crippen molar-refractivity contribution in [3.05, 3.63) is 76.8 Å². The Hall–Kier alpha value is -3.79. The molecule has 0 saturated carbocycles. The molecule has 3 heterocycles. The molecule has 9 nitrogen and oxygen atoms in total. The molecule has 1 unspecified atom stereocenters. The highest BCUT2D eigenvalue weighted by Crippen LogP contribution is 2.26. The van der Waals surface area contributed by atoms with Gasteiger partial charge in [-0.2, -0.15) is 10.2 Å². The summed E-state index contributed by atoms with van der Waals surface area (Å²) in [5.74, 6) is -0.146. The van der Waals surface area contributed by atoms with Gasteiger partial charge in [-0.15, -0.1) is 0 Å². The summed E-state index contributed by atoms with van der Waals surface area (Å²) in [6.07, 6.45) is 3.51. The van der Waals surface area contributed by atoms with Crippen LogP contribution in [0.2, 0.25) is 0 Å². The number of carbonyl (C=O) groups is 1. The van der Waals surface area contributed by atoms with Gasteiger partial charge in [0.25, 0.3) is 11.5 Å². The molecule has 1 atom stereocenters. The van der Waals surface area contributed by atoms with Crippen LogP contribution in [0, 0.1) is 0 Å². The lowest BCUT2D eigenvalue weighted by molar-refractivity contribution is 0.102. The lowest BCUT2D eigenvalue weighted by Crippen LogP contribution is -2.13. The summed E-state index contributed by atoms with van der Waals surface area (Å²) in [5, 5.41) is 15.0. The van der Waals surface area contributed by atoms with Crippen LogP contribution in [-0.4, -0.2) is 45.8 Å². The van der Waals surface area contributed by atoms with Gasteiger partial charge in [-0.25, -0.2) is 13.5 Å². The predicted molar refractivity (Wildman–Crippen MR) is 120 cm³/mol. The Kier molecular flexibility index (Phi) is 4.86. The molecular weight excluding hydrogens is 430 g/mol. The van der Waals surface area contributed by atoms with E-state index in [-0.39, 0.29) is 29.0 Å². The first-order valence-electron chi connectivity index (χ1n) is 10.0. The standard InChI is InChI=1S/C22H19N5O4S/c28-21(15-11-23-27(12-15)17-9-10-32(30,31)13-17)24-16-7-5-14(6-8-16)20-18-3-1-2-4-19(18)22(29)26-25-20/h1-8,11-12,17H,9-10,13H2,(H,24,28)(H,26,29). The van der Waals surface area contributed by atoms with Crippen molar-refractivity contribution in [1.82, 2.24) is 20.0 Å². The predicted octanol–water partition coefficient (Wildman–Crippen LogP) is 2.40. The van der Waals surface area contributed by atoms with Gasteiger partial charge >= 0.3 is 0 Å².